The molecule has 0 unspecified atom stereocenters. The quantitative estimate of drug-likeness (QED) is 0.908. The number of carbonyl (C=O) groups excluding carboxylic acids is 1. The zero-order valence-corrected chi connectivity index (χ0v) is 12.3. The van der Waals surface area contributed by atoms with Crippen molar-refractivity contribution in [3.05, 3.63) is 47.3 Å². The number of nitrogens with one attached hydrogen (secondary N) is 1. The van der Waals surface area contributed by atoms with Gasteiger partial charge < -0.3 is 5.32 Å². The van der Waals surface area contributed by atoms with E-state index in [0.29, 0.717) is 0 Å². The van der Waals surface area contributed by atoms with Crippen molar-refractivity contribution in [1.82, 2.24) is 9.78 Å². The molecular formula is C16H21N3O. The van der Waals surface area contributed by atoms with Gasteiger partial charge in [0.15, 0.2) is 0 Å². The zero-order chi connectivity index (χ0) is 14.5. The maximum atomic E-state index is 12.1. The molecule has 0 saturated heterocycles. The number of anilines is 1. The van der Waals surface area contributed by atoms with Gasteiger partial charge >= 0.3 is 0 Å². The van der Waals surface area contributed by atoms with Crippen LogP contribution in [0.4, 0.5) is 5.69 Å². The van der Waals surface area contributed by atoms with Gasteiger partial charge in [0, 0.05) is 11.4 Å². The third kappa shape index (κ3) is 3.47. The van der Waals surface area contributed by atoms with E-state index in [1.165, 1.54) is 0 Å². The van der Waals surface area contributed by atoms with Crippen LogP contribution >= 0.6 is 0 Å². The summed E-state index contributed by atoms with van der Waals surface area (Å²) >= 11 is 0. The highest BCUT2D eigenvalue weighted by Gasteiger charge is 2.09. The number of hydrogen-bond donors (Lipinski definition) is 1. The first-order valence-corrected chi connectivity index (χ1v) is 7.04. The Labute approximate surface area is 119 Å². The molecule has 0 saturated carbocycles. The number of hydrogen-bond acceptors (Lipinski definition) is 2. The smallest absolute Gasteiger partial charge is 0.246 e. The Morgan fingerprint density at radius 1 is 1.25 bits per heavy atom. The van der Waals surface area contributed by atoms with Crippen molar-refractivity contribution in [2.75, 3.05) is 5.32 Å². The fraction of sp³-hybridized carbons (Fsp3) is 0.375. The fourth-order valence-corrected chi connectivity index (χ4v) is 2.17. The standard InChI is InChI=1S/C16H21N3O/c1-4-13-10-15(5-2)19(18-13)11-16(20)17-14-8-6-7-12(3)9-14/h6-10H,4-5,11H2,1-3H3,(H,17,20). The SMILES string of the molecule is CCc1cc(CC)n(CC(=O)Nc2cccc(C)c2)n1. The van der Waals surface area contributed by atoms with Gasteiger partial charge in [0.2, 0.25) is 5.91 Å². The second-order valence-corrected chi connectivity index (χ2v) is 4.91. The van der Waals surface area contributed by atoms with Gasteiger partial charge in [-0.15, -0.1) is 0 Å². The van der Waals surface area contributed by atoms with E-state index in [4.69, 9.17) is 0 Å². The summed E-state index contributed by atoms with van der Waals surface area (Å²) < 4.78 is 1.80. The molecular weight excluding hydrogens is 250 g/mol. The molecule has 0 atom stereocenters. The summed E-state index contributed by atoms with van der Waals surface area (Å²) in [5.41, 5.74) is 4.09. The van der Waals surface area contributed by atoms with Crippen LogP contribution in [-0.2, 0) is 24.2 Å². The van der Waals surface area contributed by atoms with Crippen LogP contribution in [0.15, 0.2) is 30.3 Å². The monoisotopic (exact) mass is 271 g/mol. The van der Waals surface area contributed by atoms with E-state index in [9.17, 15) is 4.79 Å². The van der Waals surface area contributed by atoms with Gasteiger partial charge in [-0.05, 0) is 43.5 Å². The lowest BCUT2D eigenvalue weighted by Gasteiger charge is -2.08. The molecule has 1 heterocycles. The van der Waals surface area contributed by atoms with Gasteiger partial charge in [-0.1, -0.05) is 26.0 Å². The predicted octanol–water partition coefficient (Wildman–Crippen LogP) is 2.96. The van der Waals surface area contributed by atoms with Crippen molar-refractivity contribution in [3.63, 3.8) is 0 Å². The molecule has 0 spiro atoms. The molecule has 1 N–H and O–H groups in total. The van der Waals surface area contributed by atoms with Crippen LogP contribution in [0, 0.1) is 6.92 Å². The minimum Gasteiger partial charge on any atom is -0.324 e. The average Bonchev–Trinajstić information content (AvgIpc) is 2.80. The number of aryl methyl sites for hydroxylation is 3. The normalized spacial score (nSPS) is 10.6. The minimum absolute atomic E-state index is 0.0453. The molecule has 1 aromatic heterocycles. The summed E-state index contributed by atoms with van der Waals surface area (Å²) in [5.74, 6) is -0.0453. The maximum Gasteiger partial charge on any atom is 0.246 e. The molecule has 2 rings (SSSR count). The summed E-state index contributed by atoms with van der Waals surface area (Å²) in [7, 11) is 0. The van der Waals surface area contributed by atoms with E-state index >= 15 is 0 Å². The lowest BCUT2D eigenvalue weighted by Crippen LogP contribution is -2.20. The summed E-state index contributed by atoms with van der Waals surface area (Å²) in [4.78, 5) is 12.1. The van der Waals surface area contributed by atoms with Crippen molar-refractivity contribution >= 4 is 11.6 Å². The third-order valence-electron chi connectivity index (χ3n) is 3.23. The molecule has 0 aliphatic rings. The molecule has 0 radical (unpaired) electrons. The Morgan fingerprint density at radius 2 is 2.05 bits per heavy atom. The van der Waals surface area contributed by atoms with Crippen LogP contribution in [0.25, 0.3) is 0 Å². The van der Waals surface area contributed by atoms with Crippen LogP contribution in [0.2, 0.25) is 0 Å². The van der Waals surface area contributed by atoms with Crippen LogP contribution < -0.4 is 5.32 Å². The first kappa shape index (κ1) is 14.3. The molecule has 0 fully saturated rings. The van der Waals surface area contributed by atoms with Gasteiger partial charge in [-0.2, -0.15) is 5.10 Å². The number of carbonyl (C=O) groups is 1. The van der Waals surface area contributed by atoms with Crippen molar-refractivity contribution < 1.29 is 4.79 Å². The largest absolute Gasteiger partial charge is 0.324 e. The van der Waals surface area contributed by atoms with Crippen molar-refractivity contribution in [1.29, 1.82) is 0 Å². The van der Waals surface area contributed by atoms with Crippen LogP contribution in [0.1, 0.15) is 30.8 Å². The Hall–Kier alpha value is -2.10. The van der Waals surface area contributed by atoms with Gasteiger partial charge in [0.1, 0.15) is 6.54 Å². The van der Waals surface area contributed by atoms with E-state index in [1.807, 2.05) is 31.2 Å². The number of rotatable bonds is 5. The molecule has 1 amide bonds. The third-order valence-corrected chi connectivity index (χ3v) is 3.23. The topological polar surface area (TPSA) is 46.9 Å². The van der Waals surface area contributed by atoms with E-state index in [2.05, 4.69) is 30.3 Å². The highest BCUT2D eigenvalue weighted by atomic mass is 16.2. The predicted molar refractivity (Wildman–Crippen MR) is 80.8 cm³/mol. The average molecular weight is 271 g/mol. The molecule has 106 valence electrons. The van der Waals surface area contributed by atoms with E-state index < -0.39 is 0 Å². The number of nitrogens with zero attached hydrogens (tertiary/aromatic N) is 2. The lowest BCUT2D eigenvalue weighted by molar-refractivity contribution is -0.116. The second-order valence-electron chi connectivity index (χ2n) is 4.91. The number of benzene rings is 1. The lowest BCUT2D eigenvalue weighted by atomic mass is 10.2. The summed E-state index contributed by atoms with van der Waals surface area (Å²) in [6, 6.07) is 9.86. The number of aromatic nitrogens is 2. The van der Waals surface area contributed by atoms with E-state index in [0.717, 1.165) is 35.5 Å². The Balaban J connectivity index is 2.06. The molecule has 0 aliphatic carbocycles. The van der Waals surface area contributed by atoms with Crippen LogP contribution in [0.5, 0.6) is 0 Å². The molecule has 4 nitrogen and oxygen atoms in total. The summed E-state index contributed by atoms with van der Waals surface area (Å²) in [5, 5.41) is 7.36. The Morgan fingerprint density at radius 3 is 2.70 bits per heavy atom. The highest BCUT2D eigenvalue weighted by molar-refractivity contribution is 5.90. The molecule has 1 aromatic carbocycles. The Kier molecular flexibility index (Phi) is 4.56. The van der Waals surface area contributed by atoms with Crippen molar-refractivity contribution in [3.8, 4) is 0 Å². The van der Waals surface area contributed by atoms with Gasteiger partial charge in [0.25, 0.3) is 0 Å². The van der Waals surface area contributed by atoms with Crippen LogP contribution in [-0.4, -0.2) is 15.7 Å². The molecule has 4 heteroatoms. The molecule has 0 aliphatic heterocycles. The fourth-order valence-electron chi connectivity index (χ4n) is 2.17. The van der Waals surface area contributed by atoms with E-state index in [1.54, 1.807) is 4.68 Å². The zero-order valence-electron chi connectivity index (χ0n) is 12.3. The Bertz CT molecular complexity index is 602. The molecule has 2 aromatic rings. The molecule has 0 bridgehead atoms. The highest BCUT2D eigenvalue weighted by Crippen LogP contribution is 2.10. The van der Waals surface area contributed by atoms with Crippen molar-refractivity contribution in [2.24, 2.45) is 0 Å². The van der Waals surface area contributed by atoms with Gasteiger partial charge in [0.05, 0.1) is 5.69 Å². The van der Waals surface area contributed by atoms with Crippen molar-refractivity contribution in [2.45, 2.75) is 40.2 Å². The minimum atomic E-state index is -0.0453. The second kappa shape index (κ2) is 6.37. The maximum absolute atomic E-state index is 12.1. The summed E-state index contributed by atoms with van der Waals surface area (Å²) in [6.45, 7) is 6.41. The molecule has 20 heavy (non-hydrogen) atoms. The summed E-state index contributed by atoms with van der Waals surface area (Å²) in [6.07, 6.45) is 1.77. The van der Waals surface area contributed by atoms with Gasteiger partial charge in [-0.25, -0.2) is 0 Å². The first-order valence-electron chi connectivity index (χ1n) is 7.04. The van der Waals surface area contributed by atoms with E-state index in [-0.39, 0.29) is 12.5 Å². The van der Waals surface area contributed by atoms with Gasteiger partial charge in [-0.3, -0.25) is 9.48 Å². The van der Waals surface area contributed by atoms with Crippen LogP contribution in [0.3, 0.4) is 0 Å². The number of amides is 1. The first-order chi connectivity index (χ1) is 9.62.